The van der Waals surface area contributed by atoms with Gasteiger partial charge in [0.05, 0.1) is 6.54 Å². The van der Waals surface area contributed by atoms with Gasteiger partial charge in [0, 0.05) is 12.6 Å². The van der Waals surface area contributed by atoms with Crippen LogP contribution in [0.15, 0.2) is 4.99 Å². The third kappa shape index (κ3) is 3.11. The third-order valence-electron chi connectivity index (χ3n) is 3.65. The normalized spacial score (nSPS) is 25.3. The highest BCUT2D eigenvalue weighted by Crippen LogP contribution is 2.25. The molecule has 0 bridgehead atoms. The lowest BCUT2D eigenvalue weighted by molar-refractivity contribution is 0.368. The van der Waals surface area contributed by atoms with E-state index < -0.39 is 0 Å². The summed E-state index contributed by atoms with van der Waals surface area (Å²) in [6, 6.07) is 0.576. The minimum Gasteiger partial charge on any atom is -0.355 e. The van der Waals surface area contributed by atoms with Crippen molar-refractivity contribution in [2.75, 3.05) is 13.1 Å². The van der Waals surface area contributed by atoms with Crippen molar-refractivity contribution < 1.29 is 0 Å². The summed E-state index contributed by atoms with van der Waals surface area (Å²) < 4.78 is 0. The van der Waals surface area contributed by atoms with Crippen LogP contribution in [0.1, 0.15) is 45.4 Å². The van der Waals surface area contributed by atoms with E-state index in [2.05, 4.69) is 22.5 Å². The lowest BCUT2D eigenvalue weighted by atomic mass is 9.93. The molecule has 1 fully saturated rings. The summed E-state index contributed by atoms with van der Waals surface area (Å²) in [5.74, 6) is 1.87. The number of hydrogen-bond acceptors (Lipinski definition) is 3. The van der Waals surface area contributed by atoms with E-state index in [0.29, 0.717) is 6.04 Å². The minimum absolute atomic E-state index is 0.576. The van der Waals surface area contributed by atoms with Gasteiger partial charge in [-0.2, -0.15) is 0 Å². The lowest BCUT2D eigenvalue weighted by Gasteiger charge is -2.24. The van der Waals surface area contributed by atoms with Crippen LogP contribution in [-0.4, -0.2) is 25.1 Å². The molecule has 1 atom stereocenters. The van der Waals surface area contributed by atoms with Crippen molar-refractivity contribution in [2.24, 2.45) is 10.9 Å². The maximum Gasteiger partial charge on any atom is 0.191 e. The summed E-state index contributed by atoms with van der Waals surface area (Å²) in [5.41, 5.74) is 0. The van der Waals surface area contributed by atoms with E-state index >= 15 is 0 Å². The van der Waals surface area contributed by atoms with Gasteiger partial charge in [-0.25, -0.2) is 0 Å². The van der Waals surface area contributed by atoms with Crippen molar-refractivity contribution in [3.05, 3.63) is 0 Å². The number of hydrogen-bond donors (Lipinski definition) is 2. The standard InChI is InChI=1S/C12H23N3/c1-10(15-12-13-8-9-14-12)11-6-4-2-3-5-7-11/h10-11H,2-9H2,1H3,(H2,13,14,15)/t10-/m0/s1. The van der Waals surface area contributed by atoms with E-state index in [9.17, 15) is 0 Å². The Bertz CT molecular complexity index is 217. The molecule has 2 N–H and O–H groups in total. The Balaban J connectivity index is 1.80. The van der Waals surface area contributed by atoms with Gasteiger partial charge in [-0.15, -0.1) is 0 Å². The van der Waals surface area contributed by atoms with Gasteiger partial charge in [0.2, 0.25) is 0 Å². The van der Waals surface area contributed by atoms with Gasteiger partial charge in [-0.05, 0) is 25.7 Å². The summed E-state index contributed by atoms with van der Waals surface area (Å²) in [6.07, 6.45) is 8.47. The summed E-state index contributed by atoms with van der Waals surface area (Å²) in [5, 5.41) is 6.80. The summed E-state index contributed by atoms with van der Waals surface area (Å²) in [7, 11) is 0. The Kier molecular flexibility index (Phi) is 3.87. The number of guanidine groups is 1. The zero-order chi connectivity index (χ0) is 10.5. The average Bonchev–Trinajstić information content (AvgIpc) is 2.58. The molecule has 2 aliphatic rings. The Labute approximate surface area is 92.7 Å². The molecule has 1 aliphatic carbocycles. The van der Waals surface area contributed by atoms with Gasteiger partial charge in [-0.1, -0.05) is 25.7 Å². The van der Waals surface area contributed by atoms with Crippen LogP contribution < -0.4 is 10.6 Å². The van der Waals surface area contributed by atoms with E-state index in [1.54, 1.807) is 0 Å². The predicted octanol–water partition coefficient (Wildman–Crippen LogP) is 1.89. The van der Waals surface area contributed by atoms with Crippen molar-refractivity contribution in [1.29, 1.82) is 0 Å². The molecule has 0 spiro atoms. The van der Waals surface area contributed by atoms with Crippen LogP contribution in [-0.2, 0) is 0 Å². The molecule has 0 amide bonds. The highest BCUT2D eigenvalue weighted by Gasteiger charge is 2.20. The molecule has 0 aromatic carbocycles. The highest BCUT2D eigenvalue weighted by molar-refractivity contribution is 5.81. The van der Waals surface area contributed by atoms with E-state index in [-0.39, 0.29) is 0 Å². The largest absolute Gasteiger partial charge is 0.355 e. The third-order valence-corrected chi connectivity index (χ3v) is 3.65. The van der Waals surface area contributed by atoms with Crippen molar-refractivity contribution in [3.63, 3.8) is 0 Å². The summed E-state index contributed by atoms with van der Waals surface area (Å²) in [6.45, 7) is 4.23. The first kappa shape index (κ1) is 10.8. The van der Waals surface area contributed by atoms with Crippen LogP contribution >= 0.6 is 0 Å². The monoisotopic (exact) mass is 209 g/mol. The van der Waals surface area contributed by atoms with Gasteiger partial charge < -0.3 is 10.6 Å². The minimum atomic E-state index is 0.576. The van der Waals surface area contributed by atoms with Gasteiger partial charge in [-0.3, -0.25) is 4.99 Å². The molecule has 86 valence electrons. The molecule has 0 aromatic heterocycles. The fourth-order valence-electron chi connectivity index (χ4n) is 2.64. The second-order valence-corrected chi connectivity index (χ2v) is 4.84. The van der Waals surface area contributed by atoms with Crippen molar-refractivity contribution >= 4 is 5.96 Å². The van der Waals surface area contributed by atoms with E-state index in [0.717, 1.165) is 25.0 Å². The predicted molar refractivity (Wildman–Crippen MR) is 64.1 cm³/mol. The molecule has 3 nitrogen and oxygen atoms in total. The van der Waals surface area contributed by atoms with E-state index in [1.807, 2.05) is 0 Å². The summed E-state index contributed by atoms with van der Waals surface area (Å²) in [4.78, 5) is 4.39. The smallest absolute Gasteiger partial charge is 0.191 e. The van der Waals surface area contributed by atoms with Gasteiger partial charge in [0.15, 0.2) is 5.96 Å². The van der Waals surface area contributed by atoms with Crippen LogP contribution in [0.5, 0.6) is 0 Å². The number of nitrogens with one attached hydrogen (secondary N) is 2. The Morgan fingerprint density at radius 3 is 2.60 bits per heavy atom. The molecular formula is C12H23N3. The van der Waals surface area contributed by atoms with Crippen LogP contribution in [0.4, 0.5) is 0 Å². The number of aliphatic imine (C=N–C) groups is 1. The van der Waals surface area contributed by atoms with Crippen molar-refractivity contribution in [3.8, 4) is 0 Å². The molecule has 15 heavy (non-hydrogen) atoms. The maximum absolute atomic E-state index is 4.39. The molecule has 3 heteroatoms. The lowest BCUT2D eigenvalue weighted by Crippen LogP contribution is -2.43. The molecule has 1 aliphatic heterocycles. The van der Waals surface area contributed by atoms with E-state index in [4.69, 9.17) is 0 Å². The van der Waals surface area contributed by atoms with E-state index in [1.165, 1.54) is 38.5 Å². The van der Waals surface area contributed by atoms with Crippen molar-refractivity contribution in [2.45, 2.75) is 51.5 Å². The molecule has 0 unspecified atom stereocenters. The first-order valence-electron chi connectivity index (χ1n) is 6.41. The Hall–Kier alpha value is -0.730. The molecule has 1 heterocycles. The number of rotatable bonds is 2. The Morgan fingerprint density at radius 1 is 1.27 bits per heavy atom. The molecule has 1 saturated carbocycles. The van der Waals surface area contributed by atoms with Crippen LogP contribution in [0.25, 0.3) is 0 Å². The summed E-state index contributed by atoms with van der Waals surface area (Å²) >= 11 is 0. The molecule has 0 radical (unpaired) electrons. The first-order valence-corrected chi connectivity index (χ1v) is 6.41. The first-order chi connectivity index (χ1) is 7.36. The van der Waals surface area contributed by atoms with Crippen LogP contribution in [0.2, 0.25) is 0 Å². The zero-order valence-electron chi connectivity index (χ0n) is 9.76. The highest BCUT2D eigenvalue weighted by atomic mass is 15.2. The molecular weight excluding hydrogens is 186 g/mol. The zero-order valence-corrected chi connectivity index (χ0v) is 9.76. The Morgan fingerprint density at radius 2 is 2.00 bits per heavy atom. The number of nitrogens with zero attached hydrogens (tertiary/aromatic N) is 1. The van der Waals surface area contributed by atoms with Crippen LogP contribution in [0.3, 0.4) is 0 Å². The molecule has 2 rings (SSSR count). The topological polar surface area (TPSA) is 36.4 Å². The molecule has 0 saturated heterocycles. The second kappa shape index (κ2) is 5.38. The molecule has 0 aromatic rings. The van der Waals surface area contributed by atoms with Crippen LogP contribution in [0, 0.1) is 5.92 Å². The fourth-order valence-corrected chi connectivity index (χ4v) is 2.64. The SMILES string of the molecule is C[C@H](NC1=NCCN1)C1CCCCCC1. The quantitative estimate of drug-likeness (QED) is 0.681. The average molecular weight is 209 g/mol. The maximum atomic E-state index is 4.39. The van der Waals surface area contributed by atoms with Crippen molar-refractivity contribution in [1.82, 2.24) is 10.6 Å². The van der Waals surface area contributed by atoms with Gasteiger partial charge >= 0.3 is 0 Å². The van der Waals surface area contributed by atoms with Gasteiger partial charge in [0.1, 0.15) is 0 Å². The van der Waals surface area contributed by atoms with Gasteiger partial charge in [0.25, 0.3) is 0 Å². The second-order valence-electron chi connectivity index (χ2n) is 4.84. The fraction of sp³-hybridized carbons (Fsp3) is 0.917.